The first kappa shape index (κ1) is 15.6. The van der Waals surface area contributed by atoms with Gasteiger partial charge in [-0.2, -0.15) is 0 Å². The van der Waals surface area contributed by atoms with Crippen LogP contribution in [-0.2, 0) is 21.2 Å². The molecule has 1 atom stereocenters. The second-order valence-corrected chi connectivity index (χ2v) is 7.52. The van der Waals surface area contributed by atoms with Gasteiger partial charge in [-0.1, -0.05) is 18.2 Å². The molecular weight excluding hydrogens is 318 g/mol. The largest absolute Gasteiger partial charge is 0.337 e. The number of hydrogen-bond donors (Lipinski definition) is 0. The number of hydrogen-bond acceptors (Lipinski definition) is 6. The smallest absolute Gasteiger partial charge is 0.244 e. The molecule has 23 heavy (non-hydrogen) atoms. The second-order valence-electron chi connectivity index (χ2n) is 5.49. The van der Waals surface area contributed by atoms with Crippen LogP contribution in [0.15, 0.2) is 41.6 Å². The number of tetrazole rings is 1. The van der Waals surface area contributed by atoms with Gasteiger partial charge in [-0.15, -0.1) is 5.10 Å². The number of likely N-dealkylation sites (tertiary alicyclic amines) is 1. The minimum absolute atomic E-state index is 0.0227. The maximum absolute atomic E-state index is 12.5. The van der Waals surface area contributed by atoms with Gasteiger partial charge in [0.05, 0.1) is 10.6 Å². The van der Waals surface area contributed by atoms with Crippen LogP contribution in [0.2, 0.25) is 0 Å². The fourth-order valence-corrected chi connectivity index (χ4v) is 4.41. The Morgan fingerprint density at radius 3 is 2.74 bits per heavy atom. The van der Waals surface area contributed by atoms with Gasteiger partial charge >= 0.3 is 0 Å². The molecule has 1 aromatic heterocycles. The highest BCUT2D eigenvalue weighted by atomic mass is 32.2. The van der Waals surface area contributed by atoms with Gasteiger partial charge < -0.3 is 4.90 Å². The van der Waals surface area contributed by atoms with Crippen molar-refractivity contribution in [2.75, 3.05) is 12.3 Å². The lowest BCUT2D eigenvalue weighted by Crippen LogP contribution is -2.41. The number of amides is 1. The van der Waals surface area contributed by atoms with Crippen molar-refractivity contribution in [3.8, 4) is 0 Å². The van der Waals surface area contributed by atoms with Gasteiger partial charge in [0.2, 0.25) is 5.91 Å². The average molecular weight is 335 g/mol. The molecule has 1 fully saturated rings. The van der Waals surface area contributed by atoms with Crippen molar-refractivity contribution < 1.29 is 13.2 Å². The summed E-state index contributed by atoms with van der Waals surface area (Å²) in [7, 11) is -3.41. The van der Waals surface area contributed by atoms with Crippen molar-refractivity contribution in [3.63, 3.8) is 0 Å². The van der Waals surface area contributed by atoms with Crippen LogP contribution in [0.25, 0.3) is 0 Å². The number of nitrogens with zero attached hydrogens (tertiary/aromatic N) is 5. The van der Waals surface area contributed by atoms with Crippen LogP contribution in [-0.4, -0.2) is 57.8 Å². The molecule has 1 amide bonds. The van der Waals surface area contributed by atoms with E-state index in [2.05, 4.69) is 15.5 Å². The number of carbonyl (C=O) groups is 1. The van der Waals surface area contributed by atoms with Crippen molar-refractivity contribution in [2.45, 2.75) is 30.3 Å². The first-order valence-corrected chi connectivity index (χ1v) is 8.99. The Kier molecular flexibility index (Phi) is 4.37. The van der Waals surface area contributed by atoms with Gasteiger partial charge in [-0.05, 0) is 35.4 Å². The van der Waals surface area contributed by atoms with E-state index < -0.39 is 9.84 Å². The summed E-state index contributed by atoms with van der Waals surface area (Å²) in [5, 5.41) is 10.6. The minimum atomic E-state index is -3.41. The lowest BCUT2D eigenvalue weighted by molar-refractivity contribution is -0.132. The van der Waals surface area contributed by atoms with Gasteiger partial charge in [-0.3, -0.25) is 4.79 Å². The van der Waals surface area contributed by atoms with E-state index in [0.717, 1.165) is 6.42 Å². The predicted octanol–water partition coefficient (Wildman–Crippen LogP) is 0.138. The Bertz CT molecular complexity index is 761. The number of carbonyl (C=O) groups excluding carboxylic acids is 1. The maximum Gasteiger partial charge on any atom is 0.244 e. The summed E-state index contributed by atoms with van der Waals surface area (Å²) in [6.07, 6.45) is 2.85. The third kappa shape index (κ3) is 3.55. The van der Waals surface area contributed by atoms with Crippen molar-refractivity contribution in [1.29, 1.82) is 0 Å². The Morgan fingerprint density at radius 1 is 1.26 bits per heavy atom. The van der Waals surface area contributed by atoms with E-state index in [1.807, 2.05) is 0 Å². The van der Waals surface area contributed by atoms with Gasteiger partial charge in [0.15, 0.2) is 9.84 Å². The molecule has 9 heteroatoms. The molecule has 1 saturated heterocycles. The number of rotatable bonds is 5. The topological polar surface area (TPSA) is 98.1 Å². The van der Waals surface area contributed by atoms with Crippen LogP contribution in [0.5, 0.6) is 0 Å². The number of aromatic nitrogens is 4. The zero-order valence-electron chi connectivity index (χ0n) is 12.4. The monoisotopic (exact) mass is 335 g/mol. The van der Waals surface area contributed by atoms with Crippen molar-refractivity contribution in [3.05, 3.63) is 36.7 Å². The molecule has 0 bridgehead atoms. The van der Waals surface area contributed by atoms with Crippen molar-refractivity contribution in [2.24, 2.45) is 0 Å². The SMILES string of the molecule is O=C(Cn1cnnn1)N1CCCC1CS(=O)(=O)c1ccccc1. The third-order valence-electron chi connectivity index (χ3n) is 3.90. The van der Waals surface area contributed by atoms with Gasteiger partial charge in [0, 0.05) is 12.6 Å². The van der Waals surface area contributed by atoms with E-state index in [1.165, 1.54) is 11.0 Å². The van der Waals surface area contributed by atoms with Crippen LogP contribution in [0.4, 0.5) is 0 Å². The second kappa shape index (κ2) is 6.45. The first-order valence-electron chi connectivity index (χ1n) is 7.34. The van der Waals surface area contributed by atoms with E-state index in [0.29, 0.717) is 17.9 Å². The Balaban J connectivity index is 1.71. The van der Waals surface area contributed by atoms with E-state index in [-0.39, 0.29) is 24.2 Å². The molecule has 0 N–H and O–H groups in total. The van der Waals surface area contributed by atoms with E-state index in [1.54, 1.807) is 35.2 Å². The van der Waals surface area contributed by atoms with Gasteiger partial charge in [-0.25, -0.2) is 13.1 Å². The Hall–Kier alpha value is -2.29. The van der Waals surface area contributed by atoms with Crippen LogP contribution in [0.3, 0.4) is 0 Å². The summed E-state index contributed by atoms with van der Waals surface area (Å²) in [4.78, 5) is 14.3. The Labute approximate surface area is 134 Å². The molecule has 1 aromatic carbocycles. The van der Waals surface area contributed by atoms with Crippen molar-refractivity contribution >= 4 is 15.7 Å². The molecule has 1 unspecified atom stereocenters. The van der Waals surface area contributed by atoms with Crippen LogP contribution >= 0.6 is 0 Å². The number of sulfone groups is 1. The molecule has 2 heterocycles. The summed E-state index contributed by atoms with van der Waals surface area (Å²) >= 11 is 0. The van der Waals surface area contributed by atoms with Crippen LogP contribution in [0, 0.1) is 0 Å². The molecular formula is C14H17N5O3S. The molecule has 0 saturated carbocycles. The number of benzene rings is 1. The first-order chi connectivity index (χ1) is 11.1. The third-order valence-corrected chi connectivity index (χ3v) is 5.71. The van der Waals surface area contributed by atoms with Crippen LogP contribution < -0.4 is 0 Å². The van der Waals surface area contributed by atoms with Crippen LogP contribution in [0.1, 0.15) is 12.8 Å². The molecule has 1 aliphatic rings. The molecule has 3 rings (SSSR count). The lowest BCUT2D eigenvalue weighted by Gasteiger charge is -2.24. The quantitative estimate of drug-likeness (QED) is 0.771. The zero-order valence-corrected chi connectivity index (χ0v) is 13.3. The summed E-state index contributed by atoms with van der Waals surface area (Å²) in [5.41, 5.74) is 0. The van der Waals surface area contributed by atoms with E-state index >= 15 is 0 Å². The van der Waals surface area contributed by atoms with Gasteiger partial charge in [0.1, 0.15) is 12.9 Å². The van der Waals surface area contributed by atoms with Gasteiger partial charge in [0.25, 0.3) is 0 Å². The minimum Gasteiger partial charge on any atom is -0.337 e. The summed E-state index contributed by atoms with van der Waals surface area (Å²) in [6.45, 7) is 0.588. The fraction of sp³-hybridized carbons (Fsp3) is 0.429. The fourth-order valence-electron chi connectivity index (χ4n) is 2.80. The molecule has 1 aliphatic heterocycles. The standard InChI is InChI=1S/C14H17N5O3S/c20-14(9-18-11-15-16-17-18)19-8-4-5-12(19)10-23(21,22)13-6-2-1-3-7-13/h1-3,6-7,11-12H,4-5,8-10H2. The maximum atomic E-state index is 12.5. The molecule has 0 aliphatic carbocycles. The van der Waals surface area contributed by atoms with Crippen molar-refractivity contribution in [1.82, 2.24) is 25.1 Å². The van der Waals surface area contributed by atoms with E-state index in [4.69, 9.17) is 0 Å². The molecule has 0 spiro atoms. The zero-order chi connectivity index (χ0) is 16.3. The predicted molar refractivity (Wildman–Crippen MR) is 81.0 cm³/mol. The highest BCUT2D eigenvalue weighted by molar-refractivity contribution is 7.91. The average Bonchev–Trinajstić information content (AvgIpc) is 3.19. The molecule has 0 radical (unpaired) electrons. The summed E-state index contributed by atoms with van der Waals surface area (Å²) in [5.74, 6) is -0.221. The Morgan fingerprint density at radius 2 is 2.04 bits per heavy atom. The lowest BCUT2D eigenvalue weighted by atomic mass is 10.2. The molecule has 122 valence electrons. The highest BCUT2D eigenvalue weighted by Crippen LogP contribution is 2.22. The molecule has 8 nitrogen and oxygen atoms in total. The van der Waals surface area contributed by atoms with E-state index in [9.17, 15) is 13.2 Å². The normalized spacial score (nSPS) is 18.3. The summed E-state index contributed by atoms with van der Waals surface area (Å²) < 4.78 is 26.3. The molecule has 2 aromatic rings. The highest BCUT2D eigenvalue weighted by Gasteiger charge is 2.33. The summed E-state index contributed by atoms with van der Waals surface area (Å²) in [6, 6.07) is 8.03.